The number of thioether (sulfide) groups is 1. The van der Waals surface area contributed by atoms with Crippen molar-refractivity contribution in [2.75, 3.05) is 0 Å². The van der Waals surface area contributed by atoms with E-state index in [0.29, 0.717) is 5.69 Å². The Kier molecular flexibility index (Phi) is 4.63. The Morgan fingerprint density at radius 1 is 1.19 bits per heavy atom. The zero-order valence-electron chi connectivity index (χ0n) is 11.8. The second-order valence-corrected chi connectivity index (χ2v) is 7.19. The van der Waals surface area contributed by atoms with Gasteiger partial charge in [0.05, 0.1) is 0 Å². The molecule has 110 valence electrons. The van der Waals surface area contributed by atoms with E-state index in [0.717, 1.165) is 16.9 Å². The van der Waals surface area contributed by atoms with Crippen LogP contribution in [-0.4, -0.2) is 9.85 Å². The lowest BCUT2D eigenvalue weighted by Gasteiger charge is -2.24. The Labute approximate surface area is 127 Å². The molecule has 0 atom stereocenters. The standard InChI is InChI=1S/C16H16FNO2S/c1-16(2,10-11-3-5-12(18-20)6-4-11)21-13-7-8-15(19)14(17)9-13/h3-9,19H,10H2,1-2H3. The minimum Gasteiger partial charge on any atom is -0.505 e. The summed E-state index contributed by atoms with van der Waals surface area (Å²) in [5.41, 5.74) is 1.49. The number of rotatable bonds is 5. The summed E-state index contributed by atoms with van der Waals surface area (Å²) >= 11 is 1.54. The van der Waals surface area contributed by atoms with Gasteiger partial charge in [0.15, 0.2) is 11.6 Å². The zero-order valence-corrected chi connectivity index (χ0v) is 12.7. The first-order valence-electron chi connectivity index (χ1n) is 6.49. The molecule has 5 heteroatoms. The van der Waals surface area contributed by atoms with Crippen molar-refractivity contribution >= 4 is 17.4 Å². The van der Waals surface area contributed by atoms with Crippen molar-refractivity contribution in [1.29, 1.82) is 0 Å². The highest BCUT2D eigenvalue weighted by molar-refractivity contribution is 8.00. The number of hydrogen-bond acceptors (Lipinski definition) is 4. The molecule has 2 aromatic rings. The van der Waals surface area contributed by atoms with Gasteiger partial charge in [-0.1, -0.05) is 26.0 Å². The lowest BCUT2D eigenvalue weighted by Crippen LogP contribution is -2.18. The van der Waals surface area contributed by atoms with Crippen molar-refractivity contribution in [3.05, 3.63) is 58.8 Å². The fraction of sp³-hybridized carbons (Fsp3) is 0.250. The molecule has 0 amide bonds. The van der Waals surface area contributed by atoms with Crippen molar-refractivity contribution in [2.45, 2.75) is 29.9 Å². The molecule has 0 fully saturated rings. The van der Waals surface area contributed by atoms with Crippen molar-refractivity contribution in [3.8, 4) is 5.75 Å². The highest BCUT2D eigenvalue weighted by Gasteiger charge is 2.21. The minimum absolute atomic E-state index is 0.153. The summed E-state index contributed by atoms with van der Waals surface area (Å²) in [6, 6.07) is 11.5. The molecule has 0 aliphatic heterocycles. The first kappa shape index (κ1) is 15.5. The topological polar surface area (TPSA) is 49.7 Å². The number of benzene rings is 2. The van der Waals surface area contributed by atoms with E-state index in [1.54, 1.807) is 18.2 Å². The SMILES string of the molecule is CC(C)(Cc1ccc(N=O)cc1)Sc1ccc(O)c(F)c1. The van der Waals surface area contributed by atoms with E-state index < -0.39 is 5.82 Å². The summed E-state index contributed by atoms with van der Waals surface area (Å²) in [4.78, 5) is 11.2. The number of nitroso groups, excluding NO2 is 1. The molecule has 0 saturated heterocycles. The zero-order chi connectivity index (χ0) is 15.5. The van der Waals surface area contributed by atoms with Crippen molar-refractivity contribution in [1.82, 2.24) is 0 Å². The van der Waals surface area contributed by atoms with Gasteiger partial charge in [0.1, 0.15) is 5.69 Å². The first-order valence-corrected chi connectivity index (χ1v) is 7.31. The highest BCUT2D eigenvalue weighted by atomic mass is 32.2. The van der Waals surface area contributed by atoms with Gasteiger partial charge in [-0.15, -0.1) is 16.7 Å². The second kappa shape index (κ2) is 6.26. The average Bonchev–Trinajstić information content (AvgIpc) is 2.43. The van der Waals surface area contributed by atoms with Gasteiger partial charge in [0.25, 0.3) is 0 Å². The summed E-state index contributed by atoms with van der Waals surface area (Å²) in [6.07, 6.45) is 0.763. The molecule has 0 bridgehead atoms. The predicted molar refractivity (Wildman–Crippen MR) is 83.6 cm³/mol. The Morgan fingerprint density at radius 2 is 1.86 bits per heavy atom. The monoisotopic (exact) mass is 305 g/mol. The Morgan fingerprint density at radius 3 is 2.43 bits per heavy atom. The Bertz CT molecular complexity index is 641. The normalized spacial score (nSPS) is 11.4. The molecule has 0 aliphatic carbocycles. The van der Waals surface area contributed by atoms with Gasteiger partial charge < -0.3 is 5.11 Å². The summed E-state index contributed by atoms with van der Waals surface area (Å²) < 4.78 is 13.2. The predicted octanol–water partition coefficient (Wildman–Crippen LogP) is 5.04. The lowest BCUT2D eigenvalue weighted by molar-refractivity contribution is 0.431. The Balaban J connectivity index is 2.09. The van der Waals surface area contributed by atoms with Gasteiger partial charge in [-0.25, -0.2) is 4.39 Å². The molecule has 1 N–H and O–H groups in total. The van der Waals surface area contributed by atoms with Crippen LogP contribution < -0.4 is 0 Å². The quantitative estimate of drug-likeness (QED) is 0.621. The maximum absolute atomic E-state index is 13.4. The Hall–Kier alpha value is -1.88. The van der Waals surface area contributed by atoms with Gasteiger partial charge in [-0.3, -0.25) is 0 Å². The van der Waals surface area contributed by atoms with Gasteiger partial charge in [-0.05, 0) is 47.5 Å². The molecule has 0 aromatic heterocycles. The van der Waals surface area contributed by atoms with Crippen molar-refractivity contribution < 1.29 is 9.50 Å². The van der Waals surface area contributed by atoms with E-state index in [-0.39, 0.29) is 10.5 Å². The number of hydrogen-bond donors (Lipinski definition) is 1. The maximum Gasteiger partial charge on any atom is 0.165 e. The largest absolute Gasteiger partial charge is 0.505 e. The summed E-state index contributed by atoms with van der Waals surface area (Å²) in [5, 5.41) is 12.1. The number of aromatic hydroxyl groups is 1. The van der Waals surface area contributed by atoms with Gasteiger partial charge in [0, 0.05) is 9.64 Å². The fourth-order valence-corrected chi connectivity index (χ4v) is 3.25. The van der Waals surface area contributed by atoms with Crippen LogP contribution in [-0.2, 0) is 6.42 Å². The summed E-state index contributed by atoms with van der Waals surface area (Å²) in [7, 11) is 0. The van der Waals surface area contributed by atoms with E-state index in [1.807, 2.05) is 12.1 Å². The molecule has 0 unspecified atom stereocenters. The van der Waals surface area contributed by atoms with Gasteiger partial charge in [0.2, 0.25) is 0 Å². The van der Waals surface area contributed by atoms with Crippen LogP contribution in [0.1, 0.15) is 19.4 Å². The highest BCUT2D eigenvalue weighted by Crippen LogP contribution is 2.36. The van der Waals surface area contributed by atoms with E-state index in [4.69, 9.17) is 0 Å². The number of phenolic OH excluding ortho intramolecular Hbond substituents is 1. The summed E-state index contributed by atoms with van der Waals surface area (Å²) in [5.74, 6) is -0.952. The molecule has 0 radical (unpaired) electrons. The van der Waals surface area contributed by atoms with Crippen LogP contribution in [0.3, 0.4) is 0 Å². The van der Waals surface area contributed by atoms with E-state index in [2.05, 4.69) is 19.0 Å². The molecule has 0 spiro atoms. The van der Waals surface area contributed by atoms with Crippen LogP contribution in [0.25, 0.3) is 0 Å². The van der Waals surface area contributed by atoms with Crippen LogP contribution in [0.4, 0.5) is 10.1 Å². The maximum atomic E-state index is 13.4. The summed E-state index contributed by atoms with van der Waals surface area (Å²) in [6.45, 7) is 4.13. The van der Waals surface area contributed by atoms with Crippen LogP contribution in [0.2, 0.25) is 0 Å². The van der Waals surface area contributed by atoms with Crippen molar-refractivity contribution in [3.63, 3.8) is 0 Å². The van der Waals surface area contributed by atoms with Gasteiger partial charge in [-0.2, -0.15) is 0 Å². The smallest absolute Gasteiger partial charge is 0.165 e. The van der Waals surface area contributed by atoms with E-state index >= 15 is 0 Å². The fourth-order valence-electron chi connectivity index (χ4n) is 2.07. The molecule has 2 rings (SSSR count). The van der Waals surface area contributed by atoms with E-state index in [9.17, 15) is 14.4 Å². The molecule has 3 nitrogen and oxygen atoms in total. The third-order valence-corrected chi connectivity index (χ3v) is 4.17. The van der Waals surface area contributed by atoms with Crippen LogP contribution >= 0.6 is 11.8 Å². The van der Waals surface area contributed by atoms with E-state index in [1.165, 1.54) is 23.9 Å². The number of nitrogens with zero attached hydrogens (tertiary/aromatic N) is 1. The molecule has 0 saturated carbocycles. The molecule has 21 heavy (non-hydrogen) atoms. The lowest BCUT2D eigenvalue weighted by atomic mass is 10.0. The third-order valence-electron chi connectivity index (χ3n) is 2.98. The van der Waals surface area contributed by atoms with Crippen LogP contribution in [0, 0.1) is 10.7 Å². The molecular formula is C16H16FNO2S. The number of phenols is 1. The van der Waals surface area contributed by atoms with Crippen molar-refractivity contribution in [2.24, 2.45) is 5.18 Å². The van der Waals surface area contributed by atoms with Crippen LogP contribution in [0.5, 0.6) is 5.75 Å². The van der Waals surface area contributed by atoms with Crippen LogP contribution in [0.15, 0.2) is 52.5 Å². The number of halogens is 1. The second-order valence-electron chi connectivity index (χ2n) is 5.41. The minimum atomic E-state index is -0.614. The third kappa shape index (κ3) is 4.29. The first-order chi connectivity index (χ1) is 9.89. The molecule has 0 heterocycles. The molecular weight excluding hydrogens is 289 g/mol. The van der Waals surface area contributed by atoms with Gasteiger partial charge >= 0.3 is 0 Å². The molecule has 0 aliphatic rings. The molecule has 2 aromatic carbocycles. The average molecular weight is 305 g/mol.